The molecule has 3 rings (SSSR count). The summed E-state index contributed by atoms with van der Waals surface area (Å²) in [5.41, 5.74) is 2.56. The Balaban J connectivity index is 1.56. The predicted octanol–water partition coefficient (Wildman–Crippen LogP) is 2.44. The van der Waals surface area contributed by atoms with Gasteiger partial charge in [-0.3, -0.25) is 4.79 Å². The van der Waals surface area contributed by atoms with E-state index < -0.39 is 0 Å². The number of esters is 1. The van der Waals surface area contributed by atoms with Gasteiger partial charge in [-0.25, -0.2) is 9.78 Å². The lowest BCUT2D eigenvalue weighted by Crippen LogP contribution is -2.49. The Morgan fingerprint density at radius 1 is 1.12 bits per heavy atom. The number of piperazine rings is 1. The van der Waals surface area contributed by atoms with Crippen LogP contribution in [0.2, 0.25) is 0 Å². The summed E-state index contributed by atoms with van der Waals surface area (Å²) in [6.45, 7) is 6.90. The lowest BCUT2D eigenvalue weighted by atomic mass is 10.1. The number of carbonyl (C=O) groups is 2. The second-order valence-electron chi connectivity index (χ2n) is 6.32. The average Bonchev–Trinajstić information content (AvgIpc) is 2.98. The Morgan fingerprint density at radius 3 is 2.31 bits per heavy atom. The highest BCUT2D eigenvalue weighted by molar-refractivity contribution is 7.11. The molecule has 1 fully saturated rings. The van der Waals surface area contributed by atoms with Gasteiger partial charge in [-0.05, 0) is 38.1 Å². The van der Waals surface area contributed by atoms with Crippen LogP contribution in [0.25, 0.3) is 0 Å². The summed E-state index contributed by atoms with van der Waals surface area (Å²) in [5.74, 6) is -0.169. The van der Waals surface area contributed by atoms with Gasteiger partial charge in [-0.1, -0.05) is 0 Å². The number of methoxy groups -OCH3 is 1. The topological polar surface area (TPSA) is 62.7 Å². The van der Waals surface area contributed by atoms with Crippen molar-refractivity contribution >= 4 is 28.9 Å². The van der Waals surface area contributed by atoms with Crippen LogP contribution in [0.4, 0.5) is 5.69 Å². The quantitative estimate of drug-likeness (QED) is 0.771. The maximum atomic E-state index is 12.6. The largest absolute Gasteiger partial charge is 0.465 e. The molecule has 1 aromatic heterocycles. The van der Waals surface area contributed by atoms with E-state index >= 15 is 0 Å². The van der Waals surface area contributed by atoms with Crippen LogP contribution < -0.4 is 4.90 Å². The second kappa shape index (κ2) is 7.86. The van der Waals surface area contributed by atoms with Crippen LogP contribution in [0.3, 0.4) is 0 Å². The Kier molecular flexibility index (Phi) is 5.56. The first-order chi connectivity index (χ1) is 12.5. The van der Waals surface area contributed by atoms with Crippen molar-refractivity contribution in [3.05, 3.63) is 45.4 Å². The summed E-state index contributed by atoms with van der Waals surface area (Å²) in [4.78, 5) is 33.7. The first kappa shape index (κ1) is 18.4. The summed E-state index contributed by atoms with van der Waals surface area (Å²) in [6.07, 6.45) is 0.436. The Bertz CT molecular complexity index is 793. The molecule has 2 aromatic rings. The molecular weight excluding hydrogens is 350 g/mol. The molecule has 0 spiro atoms. The van der Waals surface area contributed by atoms with Crippen LogP contribution in [0.1, 0.15) is 25.9 Å². The maximum absolute atomic E-state index is 12.6. The van der Waals surface area contributed by atoms with Gasteiger partial charge in [0.2, 0.25) is 5.91 Å². The van der Waals surface area contributed by atoms with E-state index in [4.69, 9.17) is 4.74 Å². The van der Waals surface area contributed by atoms with Gasteiger partial charge in [0.1, 0.15) is 0 Å². The van der Waals surface area contributed by atoms with Gasteiger partial charge < -0.3 is 14.5 Å². The number of hydrogen-bond acceptors (Lipinski definition) is 6. The molecule has 1 aromatic carbocycles. The van der Waals surface area contributed by atoms with Crippen LogP contribution in [-0.4, -0.2) is 55.0 Å². The minimum atomic E-state index is -0.333. The van der Waals surface area contributed by atoms with Crippen molar-refractivity contribution in [2.75, 3.05) is 38.2 Å². The maximum Gasteiger partial charge on any atom is 0.337 e. The monoisotopic (exact) mass is 373 g/mol. The number of aromatic nitrogens is 1. The van der Waals surface area contributed by atoms with E-state index in [0.717, 1.165) is 34.4 Å². The number of rotatable bonds is 4. The fourth-order valence-electron chi connectivity index (χ4n) is 3.13. The van der Waals surface area contributed by atoms with Gasteiger partial charge >= 0.3 is 5.97 Å². The van der Waals surface area contributed by atoms with E-state index in [1.165, 1.54) is 7.11 Å². The SMILES string of the molecule is COC(=O)c1ccc(N2CCN(C(=O)Cc3sc(C)nc3C)CC2)cc1. The van der Waals surface area contributed by atoms with E-state index in [2.05, 4.69) is 9.88 Å². The summed E-state index contributed by atoms with van der Waals surface area (Å²) in [6, 6.07) is 7.39. The normalized spacial score (nSPS) is 14.4. The van der Waals surface area contributed by atoms with Crippen molar-refractivity contribution in [1.29, 1.82) is 0 Å². The summed E-state index contributed by atoms with van der Waals surface area (Å²) in [7, 11) is 1.38. The number of ether oxygens (including phenoxy) is 1. The molecule has 0 N–H and O–H groups in total. The van der Waals surface area contributed by atoms with Crippen LogP contribution >= 0.6 is 11.3 Å². The molecule has 0 bridgehead atoms. The van der Waals surface area contributed by atoms with Crippen LogP contribution in [-0.2, 0) is 16.0 Å². The number of hydrogen-bond donors (Lipinski definition) is 0. The molecule has 1 amide bonds. The number of benzene rings is 1. The zero-order chi connectivity index (χ0) is 18.7. The minimum absolute atomic E-state index is 0.164. The van der Waals surface area contributed by atoms with Crippen molar-refractivity contribution in [2.45, 2.75) is 20.3 Å². The van der Waals surface area contributed by atoms with Crippen molar-refractivity contribution < 1.29 is 14.3 Å². The number of amides is 1. The fraction of sp³-hybridized carbons (Fsp3) is 0.421. The Morgan fingerprint density at radius 2 is 1.77 bits per heavy atom. The second-order valence-corrected chi connectivity index (χ2v) is 7.61. The van der Waals surface area contributed by atoms with Crippen molar-refractivity contribution in [3.63, 3.8) is 0 Å². The van der Waals surface area contributed by atoms with E-state index in [1.54, 1.807) is 23.5 Å². The summed E-state index contributed by atoms with van der Waals surface area (Å²) >= 11 is 1.60. The molecule has 7 heteroatoms. The lowest BCUT2D eigenvalue weighted by molar-refractivity contribution is -0.130. The van der Waals surface area contributed by atoms with Gasteiger partial charge in [0, 0.05) is 36.7 Å². The minimum Gasteiger partial charge on any atom is -0.465 e. The molecule has 1 aliphatic heterocycles. The highest BCUT2D eigenvalue weighted by atomic mass is 32.1. The van der Waals surface area contributed by atoms with E-state index in [1.807, 2.05) is 30.9 Å². The zero-order valence-electron chi connectivity index (χ0n) is 15.3. The van der Waals surface area contributed by atoms with Crippen LogP contribution in [0, 0.1) is 13.8 Å². The molecule has 0 aliphatic carbocycles. The molecule has 2 heterocycles. The Labute approximate surface area is 157 Å². The average molecular weight is 373 g/mol. The number of aryl methyl sites for hydroxylation is 2. The van der Waals surface area contributed by atoms with Crippen LogP contribution in [0.15, 0.2) is 24.3 Å². The fourth-order valence-corrected chi connectivity index (χ4v) is 4.06. The number of nitrogens with zero attached hydrogens (tertiary/aromatic N) is 3. The highest BCUT2D eigenvalue weighted by Crippen LogP contribution is 2.21. The highest BCUT2D eigenvalue weighted by Gasteiger charge is 2.22. The van der Waals surface area contributed by atoms with Crippen molar-refractivity contribution in [2.24, 2.45) is 0 Å². The first-order valence-electron chi connectivity index (χ1n) is 8.62. The molecule has 0 radical (unpaired) electrons. The molecular formula is C19H23N3O3S. The third-order valence-electron chi connectivity index (χ3n) is 4.60. The van der Waals surface area contributed by atoms with Gasteiger partial charge in [0.15, 0.2) is 0 Å². The lowest BCUT2D eigenvalue weighted by Gasteiger charge is -2.36. The summed E-state index contributed by atoms with van der Waals surface area (Å²) in [5, 5.41) is 1.01. The van der Waals surface area contributed by atoms with Gasteiger partial charge in [0.05, 0.1) is 29.8 Å². The summed E-state index contributed by atoms with van der Waals surface area (Å²) < 4.78 is 4.72. The molecule has 0 unspecified atom stereocenters. The number of anilines is 1. The van der Waals surface area contributed by atoms with Gasteiger partial charge in [-0.15, -0.1) is 11.3 Å². The predicted molar refractivity (Wildman–Crippen MR) is 102 cm³/mol. The molecule has 0 saturated carbocycles. The molecule has 26 heavy (non-hydrogen) atoms. The molecule has 1 saturated heterocycles. The standard InChI is InChI=1S/C19H23N3O3S/c1-13-17(26-14(2)20-13)12-18(23)22-10-8-21(9-11-22)16-6-4-15(5-7-16)19(24)25-3/h4-7H,8-12H2,1-3H3. The van der Waals surface area contributed by atoms with E-state index in [-0.39, 0.29) is 11.9 Å². The third-order valence-corrected chi connectivity index (χ3v) is 5.67. The van der Waals surface area contributed by atoms with Gasteiger partial charge in [0.25, 0.3) is 0 Å². The smallest absolute Gasteiger partial charge is 0.337 e. The molecule has 6 nitrogen and oxygen atoms in total. The molecule has 1 aliphatic rings. The zero-order valence-corrected chi connectivity index (χ0v) is 16.1. The van der Waals surface area contributed by atoms with E-state index in [0.29, 0.717) is 25.1 Å². The van der Waals surface area contributed by atoms with Crippen molar-refractivity contribution in [3.8, 4) is 0 Å². The van der Waals surface area contributed by atoms with Crippen LogP contribution in [0.5, 0.6) is 0 Å². The first-order valence-corrected chi connectivity index (χ1v) is 9.43. The number of carbonyl (C=O) groups excluding carboxylic acids is 2. The van der Waals surface area contributed by atoms with E-state index in [9.17, 15) is 9.59 Å². The molecule has 0 atom stereocenters. The Hall–Kier alpha value is -2.41. The third kappa shape index (κ3) is 4.04. The van der Waals surface area contributed by atoms with Gasteiger partial charge in [-0.2, -0.15) is 0 Å². The molecule has 138 valence electrons. The van der Waals surface area contributed by atoms with Crippen molar-refractivity contribution in [1.82, 2.24) is 9.88 Å². The number of thiazole rings is 1.